The van der Waals surface area contributed by atoms with Crippen molar-refractivity contribution < 1.29 is 9.50 Å². The first-order valence-corrected chi connectivity index (χ1v) is 10.6. The smallest absolute Gasteiger partial charge is 0.196 e. The summed E-state index contributed by atoms with van der Waals surface area (Å²) >= 11 is 3.38. The molecule has 0 saturated carbocycles. The maximum Gasteiger partial charge on any atom is 0.196 e. The van der Waals surface area contributed by atoms with Crippen LogP contribution < -0.4 is 10.6 Å². The van der Waals surface area contributed by atoms with Gasteiger partial charge in [0.05, 0.1) is 6.54 Å². The normalized spacial score (nSPS) is 11.5. The van der Waals surface area contributed by atoms with Crippen LogP contribution in [0.1, 0.15) is 11.1 Å². The standard InChI is InChI=1S/C25H21BrFN3O/c26-20-8-13-24(27)19(14-20)16-29-25(30-21-9-11-22(31)12-10-21)28-15-18-6-3-5-17-4-1-2-7-23(17)18/h1-14,31H,15-16H2,(H2,28,29,30). The van der Waals surface area contributed by atoms with Gasteiger partial charge in [-0.2, -0.15) is 0 Å². The third kappa shape index (κ3) is 5.41. The van der Waals surface area contributed by atoms with E-state index >= 15 is 0 Å². The topological polar surface area (TPSA) is 56.6 Å². The number of nitrogens with one attached hydrogen (secondary N) is 2. The average molecular weight is 478 g/mol. The van der Waals surface area contributed by atoms with Crippen LogP contribution >= 0.6 is 15.9 Å². The Balaban J connectivity index is 1.58. The summed E-state index contributed by atoms with van der Waals surface area (Å²) in [4.78, 5) is 4.58. The Labute approximate surface area is 188 Å². The molecular weight excluding hydrogens is 457 g/mol. The summed E-state index contributed by atoms with van der Waals surface area (Å²) in [6, 6.07) is 25.9. The maximum absolute atomic E-state index is 14.2. The zero-order valence-electron chi connectivity index (χ0n) is 16.6. The lowest BCUT2D eigenvalue weighted by atomic mass is 10.0. The highest BCUT2D eigenvalue weighted by Crippen LogP contribution is 2.19. The Morgan fingerprint density at radius 1 is 0.903 bits per heavy atom. The third-order valence-electron chi connectivity index (χ3n) is 4.87. The van der Waals surface area contributed by atoms with Crippen molar-refractivity contribution in [1.82, 2.24) is 5.32 Å². The molecule has 31 heavy (non-hydrogen) atoms. The quantitative estimate of drug-likeness (QED) is 0.182. The van der Waals surface area contributed by atoms with Crippen molar-refractivity contribution in [3.8, 4) is 5.75 Å². The molecule has 0 heterocycles. The summed E-state index contributed by atoms with van der Waals surface area (Å²) in [5.74, 6) is 0.395. The fourth-order valence-electron chi connectivity index (χ4n) is 3.28. The summed E-state index contributed by atoms with van der Waals surface area (Å²) in [6.07, 6.45) is 0. The second-order valence-electron chi connectivity index (χ2n) is 7.06. The summed E-state index contributed by atoms with van der Waals surface area (Å²) in [5.41, 5.74) is 2.38. The van der Waals surface area contributed by atoms with Crippen molar-refractivity contribution in [1.29, 1.82) is 0 Å². The molecule has 0 aliphatic rings. The van der Waals surface area contributed by atoms with Crippen LogP contribution in [-0.4, -0.2) is 11.1 Å². The zero-order chi connectivity index (χ0) is 21.6. The predicted molar refractivity (Wildman–Crippen MR) is 128 cm³/mol. The van der Waals surface area contributed by atoms with Gasteiger partial charge in [0, 0.05) is 22.3 Å². The Bertz CT molecular complexity index is 1220. The molecule has 0 aliphatic heterocycles. The molecule has 4 aromatic rings. The highest BCUT2D eigenvalue weighted by Gasteiger charge is 2.06. The van der Waals surface area contributed by atoms with Crippen LogP contribution in [0.2, 0.25) is 0 Å². The SMILES string of the molecule is Oc1ccc(NC(=NCc2cc(Br)ccc2F)NCc2cccc3ccccc23)cc1. The lowest BCUT2D eigenvalue weighted by molar-refractivity contribution is 0.475. The van der Waals surface area contributed by atoms with Gasteiger partial charge in [0.15, 0.2) is 5.96 Å². The van der Waals surface area contributed by atoms with Crippen molar-refractivity contribution in [2.75, 3.05) is 5.32 Å². The fraction of sp³-hybridized carbons (Fsp3) is 0.0800. The molecule has 0 atom stereocenters. The molecule has 0 amide bonds. The molecule has 0 spiro atoms. The molecule has 0 unspecified atom stereocenters. The van der Waals surface area contributed by atoms with E-state index < -0.39 is 0 Å². The molecule has 0 aliphatic carbocycles. The molecular formula is C25H21BrFN3O. The molecule has 0 aromatic heterocycles. The van der Waals surface area contributed by atoms with Gasteiger partial charge in [0.1, 0.15) is 11.6 Å². The van der Waals surface area contributed by atoms with E-state index in [4.69, 9.17) is 0 Å². The maximum atomic E-state index is 14.2. The van der Waals surface area contributed by atoms with Gasteiger partial charge in [0.25, 0.3) is 0 Å². The van der Waals surface area contributed by atoms with Crippen molar-refractivity contribution in [3.63, 3.8) is 0 Å². The van der Waals surface area contributed by atoms with E-state index in [1.54, 1.807) is 36.4 Å². The highest BCUT2D eigenvalue weighted by atomic mass is 79.9. The number of guanidine groups is 1. The molecule has 0 fully saturated rings. The second kappa shape index (κ2) is 9.62. The minimum absolute atomic E-state index is 0.175. The average Bonchev–Trinajstić information content (AvgIpc) is 2.79. The van der Waals surface area contributed by atoms with E-state index in [0.29, 0.717) is 18.1 Å². The first-order valence-electron chi connectivity index (χ1n) is 9.83. The minimum Gasteiger partial charge on any atom is -0.508 e. The van der Waals surface area contributed by atoms with Crippen LogP contribution in [0, 0.1) is 5.82 Å². The zero-order valence-corrected chi connectivity index (χ0v) is 18.2. The summed E-state index contributed by atoms with van der Waals surface area (Å²) in [5, 5.41) is 18.4. The molecule has 0 saturated heterocycles. The number of benzene rings is 4. The first-order chi connectivity index (χ1) is 15.1. The van der Waals surface area contributed by atoms with Crippen LogP contribution in [-0.2, 0) is 13.1 Å². The number of hydrogen-bond acceptors (Lipinski definition) is 2. The monoisotopic (exact) mass is 477 g/mol. The van der Waals surface area contributed by atoms with E-state index in [2.05, 4.69) is 55.8 Å². The van der Waals surface area contributed by atoms with Crippen molar-refractivity contribution in [2.24, 2.45) is 4.99 Å². The fourth-order valence-corrected chi connectivity index (χ4v) is 3.68. The lowest BCUT2D eigenvalue weighted by Gasteiger charge is -2.14. The molecule has 6 heteroatoms. The van der Waals surface area contributed by atoms with Gasteiger partial charge in [-0.3, -0.25) is 0 Å². The van der Waals surface area contributed by atoms with Crippen LogP contribution in [0.3, 0.4) is 0 Å². The number of aliphatic imine (C=N–C) groups is 1. The molecule has 0 radical (unpaired) electrons. The Kier molecular flexibility index (Phi) is 6.48. The third-order valence-corrected chi connectivity index (χ3v) is 5.36. The number of rotatable bonds is 5. The van der Waals surface area contributed by atoms with Crippen LogP contribution in [0.25, 0.3) is 10.8 Å². The van der Waals surface area contributed by atoms with E-state index in [0.717, 1.165) is 15.7 Å². The number of hydrogen-bond donors (Lipinski definition) is 3. The van der Waals surface area contributed by atoms with Gasteiger partial charge in [-0.15, -0.1) is 0 Å². The van der Waals surface area contributed by atoms with Gasteiger partial charge in [-0.25, -0.2) is 9.38 Å². The Morgan fingerprint density at radius 3 is 2.52 bits per heavy atom. The lowest BCUT2D eigenvalue weighted by Crippen LogP contribution is -2.30. The van der Waals surface area contributed by atoms with Gasteiger partial charge in [-0.1, -0.05) is 58.4 Å². The molecule has 4 nitrogen and oxygen atoms in total. The van der Waals surface area contributed by atoms with Gasteiger partial charge >= 0.3 is 0 Å². The summed E-state index contributed by atoms with van der Waals surface area (Å²) in [7, 11) is 0. The molecule has 3 N–H and O–H groups in total. The molecule has 4 rings (SSSR count). The van der Waals surface area contributed by atoms with Crippen molar-refractivity contribution >= 4 is 38.3 Å². The number of aromatic hydroxyl groups is 1. The summed E-state index contributed by atoms with van der Waals surface area (Å²) in [6.45, 7) is 0.723. The number of fused-ring (bicyclic) bond motifs is 1. The first kappa shape index (κ1) is 20.9. The Hall–Kier alpha value is -3.38. The number of phenols is 1. The van der Waals surface area contributed by atoms with Gasteiger partial charge < -0.3 is 15.7 Å². The number of phenolic OH excluding ortho intramolecular Hbond substituents is 1. The second-order valence-corrected chi connectivity index (χ2v) is 7.98. The van der Waals surface area contributed by atoms with E-state index in [1.165, 1.54) is 16.8 Å². The van der Waals surface area contributed by atoms with Gasteiger partial charge in [0.2, 0.25) is 0 Å². The number of nitrogens with zero attached hydrogens (tertiary/aromatic N) is 1. The minimum atomic E-state index is -0.301. The molecule has 156 valence electrons. The Morgan fingerprint density at radius 2 is 1.68 bits per heavy atom. The van der Waals surface area contributed by atoms with Crippen LogP contribution in [0.15, 0.2) is 94.4 Å². The molecule has 0 bridgehead atoms. The van der Waals surface area contributed by atoms with Crippen molar-refractivity contribution in [3.05, 3.63) is 106 Å². The van der Waals surface area contributed by atoms with Gasteiger partial charge in [-0.05, 0) is 58.8 Å². The predicted octanol–water partition coefficient (Wildman–Crippen LogP) is 6.20. The van der Waals surface area contributed by atoms with Crippen LogP contribution in [0.4, 0.5) is 10.1 Å². The summed E-state index contributed by atoms with van der Waals surface area (Å²) < 4.78 is 15.0. The highest BCUT2D eigenvalue weighted by molar-refractivity contribution is 9.10. The number of anilines is 1. The molecule has 4 aromatic carbocycles. The van der Waals surface area contributed by atoms with Crippen molar-refractivity contribution in [2.45, 2.75) is 13.1 Å². The number of halogens is 2. The van der Waals surface area contributed by atoms with E-state index in [-0.39, 0.29) is 18.1 Å². The van der Waals surface area contributed by atoms with E-state index in [9.17, 15) is 9.50 Å². The van der Waals surface area contributed by atoms with Crippen LogP contribution in [0.5, 0.6) is 5.75 Å². The largest absolute Gasteiger partial charge is 0.508 e. The van der Waals surface area contributed by atoms with E-state index in [1.807, 2.05) is 18.2 Å².